The predicted molar refractivity (Wildman–Crippen MR) is 130 cm³/mol. The molecule has 0 aliphatic carbocycles. The van der Waals surface area contributed by atoms with Gasteiger partial charge >= 0.3 is 6.18 Å². The van der Waals surface area contributed by atoms with Gasteiger partial charge in [0.25, 0.3) is 0 Å². The van der Waals surface area contributed by atoms with Crippen LogP contribution in [0, 0.1) is 5.53 Å². The second-order valence-corrected chi connectivity index (χ2v) is 6.81. The van der Waals surface area contributed by atoms with Gasteiger partial charge in [-0.1, -0.05) is 24.8 Å². The van der Waals surface area contributed by atoms with Gasteiger partial charge < -0.3 is 16.0 Å². The Kier molecular flexibility index (Phi) is 11.7. The van der Waals surface area contributed by atoms with Gasteiger partial charge in [-0.25, -0.2) is 5.53 Å². The normalized spacial score (nSPS) is 13.3. The number of alkyl halides is 3. The Morgan fingerprint density at radius 3 is 2.39 bits per heavy atom. The van der Waals surface area contributed by atoms with E-state index in [-0.39, 0.29) is 17.9 Å². The zero-order valence-electron chi connectivity index (χ0n) is 18.7. The van der Waals surface area contributed by atoms with Crippen LogP contribution in [-0.2, 0) is 0 Å². The summed E-state index contributed by atoms with van der Waals surface area (Å²) in [6.07, 6.45) is 5.50. The lowest BCUT2D eigenvalue weighted by molar-refractivity contribution is -0.125. The topological polar surface area (TPSA) is 84.7 Å². The zero-order valence-corrected chi connectivity index (χ0v) is 18.7. The number of hydrogen-bond donors (Lipinski definition) is 4. The van der Waals surface area contributed by atoms with Crippen molar-refractivity contribution in [2.45, 2.75) is 26.4 Å². The summed E-state index contributed by atoms with van der Waals surface area (Å²) in [5.74, 6) is 0. The highest BCUT2D eigenvalue weighted by Gasteiger charge is 2.25. The van der Waals surface area contributed by atoms with Crippen molar-refractivity contribution < 1.29 is 13.2 Å². The zero-order chi connectivity index (χ0) is 24.7. The number of anilines is 2. The van der Waals surface area contributed by atoms with Gasteiger partial charge in [0.15, 0.2) is 0 Å². The highest BCUT2D eigenvalue weighted by molar-refractivity contribution is 5.59. The monoisotopic (exact) mass is 458 g/mol. The third kappa shape index (κ3) is 11.9. The SMILES string of the molecule is C=N/C=C\C(=C/CC(F)(F)F)NC/C(=C/Nc1ccc(N/C(=C/C=C\C)C(=C)C)cc1)N=N. The van der Waals surface area contributed by atoms with Crippen molar-refractivity contribution in [3.05, 3.63) is 96.3 Å². The van der Waals surface area contributed by atoms with Crippen molar-refractivity contribution in [3.8, 4) is 0 Å². The lowest BCUT2D eigenvalue weighted by Crippen LogP contribution is -2.16. The van der Waals surface area contributed by atoms with E-state index in [0.29, 0.717) is 0 Å². The highest BCUT2D eigenvalue weighted by Crippen LogP contribution is 2.21. The van der Waals surface area contributed by atoms with E-state index >= 15 is 0 Å². The van der Waals surface area contributed by atoms with Crippen LogP contribution in [0.25, 0.3) is 0 Å². The second-order valence-electron chi connectivity index (χ2n) is 6.81. The van der Waals surface area contributed by atoms with Gasteiger partial charge in [0, 0.05) is 35.2 Å². The minimum Gasteiger partial charge on any atom is -0.379 e. The van der Waals surface area contributed by atoms with Gasteiger partial charge in [-0.2, -0.15) is 18.3 Å². The van der Waals surface area contributed by atoms with E-state index in [1.165, 1.54) is 18.5 Å². The predicted octanol–water partition coefficient (Wildman–Crippen LogP) is 7.06. The molecule has 33 heavy (non-hydrogen) atoms. The maximum absolute atomic E-state index is 12.5. The van der Waals surface area contributed by atoms with Crippen molar-refractivity contribution in [3.63, 3.8) is 0 Å². The van der Waals surface area contributed by atoms with E-state index in [4.69, 9.17) is 5.53 Å². The summed E-state index contributed by atoms with van der Waals surface area (Å²) in [6.45, 7) is 11.1. The molecule has 0 radical (unpaired) electrons. The Morgan fingerprint density at radius 1 is 1.18 bits per heavy atom. The van der Waals surface area contributed by atoms with Crippen LogP contribution in [-0.4, -0.2) is 19.4 Å². The summed E-state index contributed by atoms with van der Waals surface area (Å²) in [5, 5.41) is 12.5. The number of rotatable bonds is 13. The van der Waals surface area contributed by atoms with Crippen LogP contribution in [0.1, 0.15) is 20.3 Å². The Bertz CT molecular complexity index is 951. The van der Waals surface area contributed by atoms with E-state index in [2.05, 4.69) is 39.4 Å². The summed E-state index contributed by atoms with van der Waals surface area (Å²) in [5.41, 5.74) is 11.2. The van der Waals surface area contributed by atoms with E-state index in [1.54, 1.807) is 0 Å². The van der Waals surface area contributed by atoms with Gasteiger partial charge in [-0.15, -0.1) is 0 Å². The van der Waals surface area contributed by atoms with E-state index < -0.39 is 12.6 Å². The first kappa shape index (κ1) is 27.2. The molecule has 1 rings (SSSR count). The summed E-state index contributed by atoms with van der Waals surface area (Å²) in [7, 11) is 0. The average Bonchev–Trinajstić information content (AvgIpc) is 2.77. The van der Waals surface area contributed by atoms with Crippen LogP contribution >= 0.6 is 0 Å². The van der Waals surface area contributed by atoms with Crippen LogP contribution in [0.4, 0.5) is 24.5 Å². The Labute approximate surface area is 192 Å². The molecule has 0 saturated carbocycles. The number of benzene rings is 1. The number of nitrogens with one attached hydrogen (secondary N) is 4. The molecule has 0 aromatic heterocycles. The minimum absolute atomic E-state index is 0.0407. The fourth-order valence-corrected chi connectivity index (χ4v) is 2.33. The lowest BCUT2D eigenvalue weighted by atomic mass is 10.2. The summed E-state index contributed by atoms with van der Waals surface area (Å²) in [6, 6.07) is 7.44. The van der Waals surface area contributed by atoms with Crippen molar-refractivity contribution >= 4 is 18.1 Å². The fraction of sp³-hybridized carbons (Fsp3) is 0.208. The van der Waals surface area contributed by atoms with E-state index in [0.717, 1.165) is 28.7 Å². The molecule has 0 unspecified atom stereocenters. The van der Waals surface area contributed by atoms with Crippen LogP contribution in [0.2, 0.25) is 0 Å². The molecular formula is C24H29F3N6. The molecular weight excluding hydrogens is 429 g/mol. The number of aliphatic imine (C=N–C) groups is 1. The Balaban J connectivity index is 2.80. The molecule has 0 atom stereocenters. The maximum Gasteiger partial charge on any atom is 0.392 e. The van der Waals surface area contributed by atoms with Gasteiger partial charge in [-0.05, 0) is 62.6 Å². The molecule has 1 aromatic rings. The molecule has 0 aliphatic rings. The molecule has 9 heteroatoms. The molecule has 0 bridgehead atoms. The molecule has 176 valence electrons. The van der Waals surface area contributed by atoms with Crippen molar-refractivity contribution in [1.29, 1.82) is 5.53 Å². The number of hydrogen-bond acceptors (Lipinski definition) is 6. The largest absolute Gasteiger partial charge is 0.392 e. The maximum atomic E-state index is 12.5. The molecule has 0 heterocycles. The summed E-state index contributed by atoms with van der Waals surface area (Å²) in [4.78, 5) is 3.50. The van der Waals surface area contributed by atoms with Gasteiger partial charge in [0.2, 0.25) is 0 Å². The number of halogens is 3. The first-order valence-electron chi connectivity index (χ1n) is 10.0. The smallest absolute Gasteiger partial charge is 0.379 e. The minimum atomic E-state index is -4.32. The van der Waals surface area contributed by atoms with E-state index in [9.17, 15) is 13.2 Å². The van der Waals surface area contributed by atoms with Crippen molar-refractivity contribution in [2.24, 2.45) is 10.1 Å². The van der Waals surface area contributed by atoms with Gasteiger partial charge in [0.1, 0.15) is 0 Å². The Hall–Kier alpha value is -3.88. The Morgan fingerprint density at radius 2 is 1.85 bits per heavy atom. The molecule has 6 nitrogen and oxygen atoms in total. The van der Waals surface area contributed by atoms with Gasteiger partial charge in [-0.3, -0.25) is 4.99 Å². The molecule has 0 amide bonds. The first-order chi connectivity index (χ1) is 15.7. The molecule has 0 fully saturated rings. The van der Waals surface area contributed by atoms with Crippen LogP contribution < -0.4 is 16.0 Å². The second kappa shape index (κ2) is 14.2. The molecule has 0 saturated heterocycles. The van der Waals surface area contributed by atoms with Crippen molar-refractivity contribution in [1.82, 2.24) is 5.32 Å². The quantitative estimate of drug-likeness (QED) is 0.145. The number of nitrogens with zero attached hydrogens (tertiary/aromatic N) is 2. The van der Waals surface area contributed by atoms with Crippen LogP contribution in [0.5, 0.6) is 0 Å². The average molecular weight is 459 g/mol. The summed E-state index contributed by atoms with van der Waals surface area (Å²) >= 11 is 0. The van der Waals surface area contributed by atoms with Crippen LogP contribution in [0.3, 0.4) is 0 Å². The third-order valence-corrected chi connectivity index (χ3v) is 4.01. The lowest BCUT2D eigenvalue weighted by Gasteiger charge is -2.12. The molecule has 0 aliphatic heterocycles. The number of allylic oxidation sites excluding steroid dienone is 6. The fourth-order valence-electron chi connectivity index (χ4n) is 2.33. The highest BCUT2D eigenvalue weighted by atomic mass is 19.4. The van der Waals surface area contributed by atoms with Crippen LogP contribution in [0.15, 0.2) is 106 Å². The third-order valence-electron chi connectivity index (χ3n) is 4.01. The van der Waals surface area contributed by atoms with E-state index in [1.807, 2.05) is 56.3 Å². The molecule has 1 aromatic carbocycles. The van der Waals surface area contributed by atoms with Crippen molar-refractivity contribution in [2.75, 3.05) is 17.2 Å². The van der Waals surface area contributed by atoms with Gasteiger partial charge in [0.05, 0.1) is 18.7 Å². The summed E-state index contributed by atoms with van der Waals surface area (Å²) < 4.78 is 37.5. The first-order valence-corrected chi connectivity index (χ1v) is 10.0. The standard InChI is InChI=1S/C24H29F3N6/c1-5-6-7-23(18(2)3)32-21-10-8-19(9-11-21)30-16-22(33-28)17-31-20(13-15-29-4)12-14-24(25,26)27/h5-13,15-16,28,30-32H,2,4,14,17H2,1,3H3/b6-5-,15-13-,20-12+,22-16-,23-7+,33-28?. The molecule has 0 spiro atoms. The molecule has 4 N–H and O–H groups in total.